The number of ether oxygens (including phenoxy) is 2. The minimum atomic E-state index is -0.248. The van der Waals surface area contributed by atoms with Gasteiger partial charge in [0.05, 0.1) is 36.4 Å². The van der Waals surface area contributed by atoms with E-state index in [4.69, 9.17) is 32.7 Å². The van der Waals surface area contributed by atoms with Gasteiger partial charge in [-0.1, -0.05) is 52.4 Å². The quantitative estimate of drug-likeness (QED) is 0.314. The summed E-state index contributed by atoms with van der Waals surface area (Å²) in [6.07, 6.45) is 0.133. The molecule has 2 N–H and O–H groups in total. The van der Waals surface area contributed by atoms with Crippen molar-refractivity contribution in [2.45, 2.75) is 10.8 Å². The Morgan fingerprint density at radius 3 is 2.47 bits per heavy atom. The van der Waals surface area contributed by atoms with Gasteiger partial charge < -0.3 is 20.1 Å². The Kier molecular flexibility index (Phi) is 8.57. The van der Waals surface area contributed by atoms with Gasteiger partial charge in [-0.05, 0) is 35.9 Å². The number of thioether (sulfide) groups is 1. The smallest absolute Gasteiger partial charge is 0.234 e. The van der Waals surface area contributed by atoms with E-state index in [9.17, 15) is 9.59 Å². The van der Waals surface area contributed by atoms with E-state index >= 15 is 0 Å². The molecule has 12 heteroatoms. The van der Waals surface area contributed by atoms with Gasteiger partial charge >= 0.3 is 0 Å². The highest BCUT2D eigenvalue weighted by atomic mass is 35.5. The first kappa shape index (κ1) is 24.1. The lowest BCUT2D eigenvalue weighted by Crippen LogP contribution is -2.14. The van der Waals surface area contributed by atoms with Crippen molar-refractivity contribution in [3.63, 3.8) is 0 Å². The number of carbonyl (C=O) groups excluding carboxylic acids is 2. The van der Waals surface area contributed by atoms with Crippen LogP contribution in [-0.4, -0.2) is 42.0 Å². The summed E-state index contributed by atoms with van der Waals surface area (Å²) >= 11 is 14.2. The summed E-state index contributed by atoms with van der Waals surface area (Å²) in [4.78, 5) is 24.5. The van der Waals surface area contributed by atoms with Crippen LogP contribution < -0.4 is 20.1 Å². The molecule has 1 heterocycles. The number of aromatic nitrogens is 2. The summed E-state index contributed by atoms with van der Waals surface area (Å²) in [6, 6.07) is 10.1. The summed E-state index contributed by atoms with van der Waals surface area (Å²) in [7, 11) is 3.08. The van der Waals surface area contributed by atoms with Crippen molar-refractivity contribution >= 4 is 68.9 Å². The van der Waals surface area contributed by atoms with Crippen LogP contribution in [0.25, 0.3) is 0 Å². The normalized spacial score (nSPS) is 10.5. The fourth-order valence-electron chi connectivity index (χ4n) is 2.56. The maximum atomic E-state index is 12.3. The first-order chi connectivity index (χ1) is 15.4. The Bertz CT molecular complexity index is 1130. The molecule has 3 aromatic rings. The molecule has 0 atom stereocenters. The molecule has 2 aromatic carbocycles. The number of hydrogen-bond donors (Lipinski definition) is 2. The van der Waals surface area contributed by atoms with Crippen LogP contribution in [0.2, 0.25) is 10.0 Å². The lowest BCUT2D eigenvalue weighted by Gasteiger charge is -2.09. The number of rotatable bonds is 9. The number of amides is 2. The minimum absolute atomic E-state index is 0.120. The Morgan fingerprint density at radius 1 is 0.969 bits per heavy atom. The number of anilines is 2. The molecule has 0 aliphatic carbocycles. The first-order valence-electron chi connectivity index (χ1n) is 9.10. The Labute approximate surface area is 202 Å². The van der Waals surface area contributed by atoms with E-state index in [1.807, 2.05) is 0 Å². The van der Waals surface area contributed by atoms with Crippen LogP contribution in [0, 0.1) is 0 Å². The second-order valence-corrected chi connectivity index (χ2v) is 9.27. The van der Waals surface area contributed by atoms with E-state index in [0.29, 0.717) is 36.7 Å². The molecular weight excluding hydrogens is 495 g/mol. The SMILES string of the molecule is COc1ccc(CC(=O)Nc2nnc(SCC(=O)Nc3ccc(Cl)c(Cl)c3)s2)cc1OC. The standard InChI is InChI=1S/C20H18Cl2N4O4S2/c1-29-15-6-3-11(7-16(15)30-2)8-17(27)24-19-25-26-20(32-19)31-10-18(28)23-12-4-5-13(21)14(22)9-12/h3-7,9H,8,10H2,1-2H3,(H,23,28)(H,24,25,27). The maximum absolute atomic E-state index is 12.3. The number of nitrogens with zero attached hydrogens (tertiary/aromatic N) is 2. The highest BCUT2D eigenvalue weighted by Crippen LogP contribution is 2.29. The van der Waals surface area contributed by atoms with Crippen LogP contribution >= 0.6 is 46.3 Å². The number of nitrogens with one attached hydrogen (secondary N) is 2. The molecule has 32 heavy (non-hydrogen) atoms. The molecule has 0 radical (unpaired) electrons. The zero-order valence-corrected chi connectivity index (χ0v) is 20.1. The first-order valence-corrected chi connectivity index (χ1v) is 11.7. The summed E-state index contributed by atoms with van der Waals surface area (Å²) < 4.78 is 11.0. The van der Waals surface area contributed by atoms with Crippen molar-refractivity contribution in [2.24, 2.45) is 0 Å². The van der Waals surface area contributed by atoms with Crippen molar-refractivity contribution in [1.82, 2.24) is 10.2 Å². The van der Waals surface area contributed by atoms with Crippen LogP contribution in [0.3, 0.4) is 0 Å². The Balaban J connectivity index is 1.49. The molecular formula is C20H18Cl2N4O4S2. The predicted molar refractivity (Wildman–Crippen MR) is 128 cm³/mol. The van der Waals surface area contributed by atoms with Crippen molar-refractivity contribution in [1.29, 1.82) is 0 Å². The van der Waals surface area contributed by atoms with Gasteiger partial charge in [-0.3, -0.25) is 9.59 Å². The molecule has 0 saturated carbocycles. The van der Waals surface area contributed by atoms with Crippen LogP contribution in [0.1, 0.15) is 5.56 Å². The lowest BCUT2D eigenvalue weighted by molar-refractivity contribution is -0.115. The highest BCUT2D eigenvalue weighted by Gasteiger charge is 2.13. The van der Waals surface area contributed by atoms with E-state index in [2.05, 4.69) is 20.8 Å². The van der Waals surface area contributed by atoms with E-state index < -0.39 is 0 Å². The fourth-order valence-corrected chi connectivity index (χ4v) is 4.42. The molecule has 0 unspecified atom stereocenters. The summed E-state index contributed by atoms with van der Waals surface area (Å²) in [5.74, 6) is 0.774. The van der Waals surface area contributed by atoms with E-state index in [-0.39, 0.29) is 24.0 Å². The van der Waals surface area contributed by atoms with Crippen molar-refractivity contribution in [3.8, 4) is 11.5 Å². The maximum Gasteiger partial charge on any atom is 0.234 e. The molecule has 0 bridgehead atoms. The largest absolute Gasteiger partial charge is 0.493 e. The van der Waals surface area contributed by atoms with Gasteiger partial charge in [0.25, 0.3) is 0 Å². The highest BCUT2D eigenvalue weighted by molar-refractivity contribution is 8.01. The third-order valence-electron chi connectivity index (χ3n) is 4.00. The van der Waals surface area contributed by atoms with E-state index in [0.717, 1.165) is 5.56 Å². The lowest BCUT2D eigenvalue weighted by atomic mass is 10.1. The van der Waals surface area contributed by atoms with Gasteiger partial charge in [-0.25, -0.2) is 0 Å². The van der Waals surface area contributed by atoms with Crippen LogP contribution in [-0.2, 0) is 16.0 Å². The molecule has 1 aromatic heterocycles. The van der Waals surface area contributed by atoms with Crippen molar-refractivity contribution in [3.05, 3.63) is 52.0 Å². The topological polar surface area (TPSA) is 102 Å². The molecule has 0 saturated heterocycles. The second-order valence-electron chi connectivity index (χ2n) is 6.25. The van der Waals surface area contributed by atoms with Crippen LogP contribution in [0.15, 0.2) is 40.7 Å². The van der Waals surface area contributed by atoms with Gasteiger partial charge in [0, 0.05) is 5.69 Å². The van der Waals surface area contributed by atoms with Gasteiger partial charge in [-0.15, -0.1) is 10.2 Å². The van der Waals surface area contributed by atoms with E-state index in [1.165, 1.54) is 30.2 Å². The molecule has 0 aliphatic heterocycles. The van der Waals surface area contributed by atoms with Crippen LogP contribution in [0.5, 0.6) is 11.5 Å². The van der Waals surface area contributed by atoms with Gasteiger partial charge in [-0.2, -0.15) is 0 Å². The van der Waals surface area contributed by atoms with Gasteiger partial charge in [0.15, 0.2) is 15.8 Å². The van der Waals surface area contributed by atoms with Crippen molar-refractivity contribution in [2.75, 3.05) is 30.6 Å². The van der Waals surface area contributed by atoms with Crippen LogP contribution in [0.4, 0.5) is 10.8 Å². The molecule has 8 nitrogen and oxygen atoms in total. The average Bonchev–Trinajstić information content (AvgIpc) is 3.21. The average molecular weight is 513 g/mol. The molecule has 3 rings (SSSR count). The van der Waals surface area contributed by atoms with Gasteiger partial charge in [0.1, 0.15) is 0 Å². The minimum Gasteiger partial charge on any atom is -0.493 e. The van der Waals surface area contributed by atoms with E-state index in [1.54, 1.807) is 43.5 Å². The molecule has 168 valence electrons. The number of benzene rings is 2. The molecule has 2 amide bonds. The monoisotopic (exact) mass is 512 g/mol. The fraction of sp³-hybridized carbons (Fsp3) is 0.200. The molecule has 0 fully saturated rings. The van der Waals surface area contributed by atoms with Crippen molar-refractivity contribution < 1.29 is 19.1 Å². The third-order valence-corrected chi connectivity index (χ3v) is 6.71. The number of carbonyl (C=O) groups is 2. The zero-order chi connectivity index (χ0) is 23.1. The molecule has 0 spiro atoms. The van der Waals surface area contributed by atoms with Gasteiger partial charge in [0.2, 0.25) is 16.9 Å². The zero-order valence-electron chi connectivity index (χ0n) is 17.0. The summed E-state index contributed by atoms with van der Waals surface area (Å²) in [5, 5.41) is 14.5. The Morgan fingerprint density at radius 2 is 1.75 bits per heavy atom. The Hall–Kier alpha value is -2.53. The summed E-state index contributed by atoms with van der Waals surface area (Å²) in [5.41, 5.74) is 1.31. The molecule has 0 aliphatic rings. The predicted octanol–water partition coefficient (Wildman–Crippen LogP) is 4.77. The number of halogens is 2. The number of methoxy groups -OCH3 is 2. The third kappa shape index (κ3) is 6.73. The summed E-state index contributed by atoms with van der Waals surface area (Å²) in [6.45, 7) is 0. The number of hydrogen-bond acceptors (Lipinski definition) is 8. The second kappa shape index (κ2) is 11.4.